The number of aryl methyl sites for hydroxylation is 3. The van der Waals surface area contributed by atoms with Gasteiger partial charge in [-0.15, -0.1) is 0 Å². The van der Waals surface area contributed by atoms with E-state index in [2.05, 4.69) is 67.0 Å². The zero-order valence-corrected chi connectivity index (χ0v) is 23.2. The van der Waals surface area contributed by atoms with Crippen LogP contribution in [0.25, 0.3) is 0 Å². The van der Waals surface area contributed by atoms with Gasteiger partial charge in [0.2, 0.25) is 0 Å². The summed E-state index contributed by atoms with van der Waals surface area (Å²) in [6.07, 6.45) is 20.4. The fraction of sp³-hybridized carbons (Fsp3) is 0.786. The molecule has 0 aromatic heterocycles. The van der Waals surface area contributed by atoms with Crippen molar-refractivity contribution in [2.45, 2.75) is 118 Å². The summed E-state index contributed by atoms with van der Waals surface area (Å²) in [5, 5.41) is 0. The normalized spacial score (nSPS) is 10.9. The molecular formula is C28H54BrN. The van der Waals surface area contributed by atoms with Gasteiger partial charge < -0.3 is 21.5 Å². The first-order valence-corrected chi connectivity index (χ1v) is 12.6. The number of halogens is 1. The van der Waals surface area contributed by atoms with Crippen LogP contribution in [0.4, 0.5) is 0 Å². The molecule has 0 saturated heterocycles. The van der Waals surface area contributed by atoms with Crippen LogP contribution in [0.1, 0.15) is 114 Å². The summed E-state index contributed by atoms with van der Waals surface area (Å²) in [6, 6.07) is 6.56. The Morgan fingerprint density at radius 1 is 0.500 bits per heavy atom. The standard InChI is InChI=1S/C19H42N.C9H12.BrH/c1-5-6-7-8-9-10-11-12-13-14-15-16-17-18-19-20(2,3)4;1-7-4-8(2)6-9(3)5-7;/h5-19H2,1-4H3;4-6H,1-3H3;1H/q+1;;/p-1. The second kappa shape index (κ2) is 20.6. The van der Waals surface area contributed by atoms with Gasteiger partial charge in [0.25, 0.3) is 0 Å². The molecule has 1 nitrogen and oxygen atoms in total. The molecule has 1 aromatic carbocycles. The van der Waals surface area contributed by atoms with Crippen LogP contribution >= 0.6 is 0 Å². The van der Waals surface area contributed by atoms with E-state index in [1.54, 1.807) is 0 Å². The van der Waals surface area contributed by atoms with Gasteiger partial charge in [-0.3, -0.25) is 0 Å². The third-order valence-corrected chi connectivity index (χ3v) is 5.55. The Morgan fingerprint density at radius 3 is 1.03 bits per heavy atom. The first-order chi connectivity index (χ1) is 13.7. The van der Waals surface area contributed by atoms with Crippen molar-refractivity contribution in [3.05, 3.63) is 34.9 Å². The number of hydrogen-bond donors (Lipinski definition) is 0. The van der Waals surface area contributed by atoms with E-state index < -0.39 is 0 Å². The SMILES string of the molecule is CCCCCCCCCCCCCCCC[N+](C)(C)C.Cc1cc(C)cc(C)c1.[Br-]. The minimum atomic E-state index is 0. The van der Waals surface area contributed by atoms with Crippen molar-refractivity contribution in [3.63, 3.8) is 0 Å². The highest BCUT2D eigenvalue weighted by Gasteiger charge is 2.04. The maximum atomic E-state index is 2.29. The van der Waals surface area contributed by atoms with Crippen molar-refractivity contribution in [3.8, 4) is 0 Å². The summed E-state index contributed by atoms with van der Waals surface area (Å²) in [5.41, 5.74) is 4.06. The number of hydrogen-bond acceptors (Lipinski definition) is 0. The maximum Gasteiger partial charge on any atom is 0.0780 e. The minimum absolute atomic E-state index is 0. The van der Waals surface area contributed by atoms with E-state index in [0.29, 0.717) is 0 Å². The van der Waals surface area contributed by atoms with Crippen LogP contribution in [0.5, 0.6) is 0 Å². The number of rotatable bonds is 15. The van der Waals surface area contributed by atoms with Crippen molar-refractivity contribution in [2.75, 3.05) is 27.7 Å². The van der Waals surface area contributed by atoms with Crippen molar-refractivity contribution in [1.29, 1.82) is 0 Å². The van der Waals surface area contributed by atoms with E-state index in [9.17, 15) is 0 Å². The molecule has 0 unspecified atom stereocenters. The lowest BCUT2D eigenvalue weighted by molar-refractivity contribution is -0.870. The lowest BCUT2D eigenvalue weighted by Gasteiger charge is -2.23. The van der Waals surface area contributed by atoms with E-state index in [-0.39, 0.29) is 17.0 Å². The molecule has 0 aliphatic carbocycles. The zero-order chi connectivity index (χ0) is 22.0. The maximum absolute atomic E-state index is 2.29. The third kappa shape index (κ3) is 23.9. The zero-order valence-electron chi connectivity index (χ0n) is 21.7. The number of quaternary nitrogens is 1. The average molecular weight is 485 g/mol. The Bertz CT molecular complexity index is 439. The lowest BCUT2D eigenvalue weighted by Crippen LogP contribution is -3.00. The molecule has 0 amide bonds. The van der Waals surface area contributed by atoms with Crippen LogP contribution < -0.4 is 17.0 Å². The summed E-state index contributed by atoms with van der Waals surface area (Å²) < 4.78 is 1.12. The molecule has 0 aliphatic heterocycles. The Kier molecular flexibility index (Phi) is 21.8. The van der Waals surface area contributed by atoms with Gasteiger partial charge in [-0.05, 0) is 33.6 Å². The fourth-order valence-corrected chi connectivity index (χ4v) is 3.98. The quantitative estimate of drug-likeness (QED) is 0.218. The third-order valence-electron chi connectivity index (χ3n) is 5.55. The minimum Gasteiger partial charge on any atom is -1.00 e. The summed E-state index contributed by atoms with van der Waals surface area (Å²) in [4.78, 5) is 0. The Labute approximate surface area is 201 Å². The van der Waals surface area contributed by atoms with Crippen LogP contribution in [-0.2, 0) is 0 Å². The molecule has 30 heavy (non-hydrogen) atoms. The molecule has 0 saturated carbocycles. The molecule has 0 bridgehead atoms. The predicted octanol–water partition coefficient (Wildman–Crippen LogP) is 5.79. The highest BCUT2D eigenvalue weighted by molar-refractivity contribution is 5.27. The summed E-state index contributed by atoms with van der Waals surface area (Å²) in [6.45, 7) is 10.0. The van der Waals surface area contributed by atoms with Crippen LogP contribution in [0.15, 0.2) is 18.2 Å². The Morgan fingerprint density at radius 2 is 0.767 bits per heavy atom. The molecule has 1 rings (SSSR count). The van der Waals surface area contributed by atoms with Crippen LogP contribution in [0.3, 0.4) is 0 Å². The van der Waals surface area contributed by atoms with Gasteiger partial charge in [0, 0.05) is 0 Å². The van der Waals surface area contributed by atoms with E-state index in [1.807, 2.05) is 0 Å². The van der Waals surface area contributed by atoms with Crippen molar-refractivity contribution in [1.82, 2.24) is 0 Å². The first kappa shape index (κ1) is 31.8. The van der Waals surface area contributed by atoms with Gasteiger partial charge in [-0.1, -0.05) is 119 Å². The Balaban J connectivity index is 0. The molecule has 0 aliphatic rings. The molecular weight excluding hydrogens is 430 g/mol. The smallest absolute Gasteiger partial charge is 0.0780 e. The topological polar surface area (TPSA) is 0 Å². The van der Waals surface area contributed by atoms with Crippen LogP contribution in [0.2, 0.25) is 0 Å². The monoisotopic (exact) mass is 483 g/mol. The van der Waals surface area contributed by atoms with Crippen molar-refractivity contribution >= 4 is 0 Å². The molecule has 0 N–H and O–H groups in total. The summed E-state index contributed by atoms with van der Waals surface area (Å²) in [5.74, 6) is 0. The van der Waals surface area contributed by atoms with Gasteiger partial charge in [0.15, 0.2) is 0 Å². The predicted molar refractivity (Wildman–Crippen MR) is 134 cm³/mol. The molecule has 0 fully saturated rings. The molecule has 0 heterocycles. The largest absolute Gasteiger partial charge is 1.00 e. The second-order valence-electron chi connectivity index (χ2n) is 10.3. The fourth-order valence-electron chi connectivity index (χ4n) is 3.98. The van der Waals surface area contributed by atoms with E-state index in [4.69, 9.17) is 0 Å². The number of nitrogens with zero attached hydrogens (tertiary/aromatic N) is 1. The van der Waals surface area contributed by atoms with Gasteiger partial charge in [-0.2, -0.15) is 0 Å². The molecule has 178 valence electrons. The number of benzene rings is 1. The second-order valence-corrected chi connectivity index (χ2v) is 10.3. The van der Waals surface area contributed by atoms with E-state index in [1.165, 1.54) is 113 Å². The van der Waals surface area contributed by atoms with Crippen LogP contribution in [0, 0.1) is 20.8 Å². The van der Waals surface area contributed by atoms with Crippen molar-refractivity contribution < 1.29 is 21.5 Å². The molecule has 0 spiro atoms. The summed E-state index contributed by atoms with van der Waals surface area (Å²) >= 11 is 0. The number of unbranched alkanes of at least 4 members (excludes halogenated alkanes) is 13. The average Bonchev–Trinajstić information content (AvgIpc) is 2.60. The Hall–Kier alpha value is -0.340. The first-order valence-electron chi connectivity index (χ1n) is 12.6. The highest BCUT2D eigenvalue weighted by Crippen LogP contribution is 2.13. The van der Waals surface area contributed by atoms with Gasteiger partial charge in [0.05, 0.1) is 27.7 Å². The van der Waals surface area contributed by atoms with Crippen LogP contribution in [-0.4, -0.2) is 32.2 Å². The molecule has 1 aromatic rings. The lowest BCUT2D eigenvalue weighted by atomic mass is 10.0. The van der Waals surface area contributed by atoms with Crippen molar-refractivity contribution in [2.24, 2.45) is 0 Å². The van der Waals surface area contributed by atoms with Gasteiger partial charge in [0.1, 0.15) is 0 Å². The molecule has 2 heteroatoms. The molecule has 0 atom stereocenters. The highest BCUT2D eigenvalue weighted by atomic mass is 79.9. The van der Waals surface area contributed by atoms with Gasteiger partial charge >= 0.3 is 0 Å². The van der Waals surface area contributed by atoms with E-state index in [0.717, 1.165) is 4.48 Å². The summed E-state index contributed by atoms with van der Waals surface area (Å²) in [7, 11) is 6.88. The molecule has 0 radical (unpaired) electrons. The van der Waals surface area contributed by atoms with E-state index >= 15 is 0 Å². The van der Waals surface area contributed by atoms with Gasteiger partial charge in [-0.25, -0.2) is 0 Å².